The zero-order valence-electron chi connectivity index (χ0n) is 16.0. The van der Waals surface area contributed by atoms with Crippen molar-refractivity contribution < 1.29 is 23.8 Å². The molecule has 0 aromatic heterocycles. The van der Waals surface area contributed by atoms with Gasteiger partial charge in [-0.25, -0.2) is 4.79 Å². The standard InChI is InChI=1S/C21H25NO5/c1-4-26-16-9-7-15(8-10-16)12-18-19(21(24)25-3)14(2)22(20(18)23)13-17-6-5-11-27-17/h7-10,12,17H,4-6,11,13H2,1-3H3/b18-12-/t17-/m1/s1. The first kappa shape index (κ1) is 19.2. The molecule has 0 radical (unpaired) electrons. The molecule has 0 unspecified atom stereocenters. The molecule has 1 amide bonds. The highest BCUT2D eigenvalue weighted by atomic mass is 16.5. The average molecular weight is 371 g/mol. The summed E-state index contributed by atoms with van der Waals surface area (Å²) in [4.78, 5) is 27.0. The van der Waals surface area contributed by atoms with Gasteiger partial charge in [0.15, 0.2) is 0 Å². The molecular formula is C21H25NO5. The van der Waals surface area contributed by atoms with Crippen LogP contribution in [-0.2, 0) is 19.1 Å². The lowest BCUT2D eigenvalue weighted by molar-refractivity contribution is -0.136. The van der Waals surface area contributed by atoms with Gasteiger partial charge >= 0.3 is 5.97 Å². The molecule has 1 aromatic carbocycles. The van der Waals surface area contributed by atoms with Crippen molar-refractivity contribution in [2.45, 2.75) is 32.8 Å². The van der Waals surface area contributed by atoms with Gasteiger partial charge in [0.2, 0.25) is 0 Å². The predicted molar refractivity (Wildman–Crippen MR) is 101 cm³/mol. The van der Waals surface area contributed by atoms with Crippen molar-refractivity contribution in [2.24, 2.45) is 0 Å². The molecule has 6 nitrogen and oxygen atoms in total. The van der Waals surface area contributed by atoms with Crippen molar-refractivity contribution in [2.75, 3.05) is 26.9 Å². The zero-order valence-corrected chi connectivity index (χ0v) is 16.0. The minimum atomic E-state index is -0.507. The second-order valence-electron chi connectivity index (χ2n) is 6.56. The number of benzene rings is 1. The van der Waals surface area contributed by atoms with Gasteiger partial charge < -0.3 is 19.1 Å². The molecule has 27 heavy (non-hydrogen) atoms. The summed E-state index contributed by atoms with van der Waals surface area (Å²) < 4.78 is 16.0. The summed E-state index contributed by atoms with van der Waals surface area (Å²) in [5, 5.41) is 0. The van der Waals surface area contributed by atoms with E-state index in [0.717, 1.165) is 24.2 Å². The Morgan fingerprint density at radius 2 is 2.07 bits per heavy atom. The minimum Gasteiger partial charge on any atom is -0.494 e. The van der Waals surface area contributed by atoms with Gasteiger partial charge in [0.05, 0.1) is 37.5 Å². The van der Waals surface area contributed by atoms with Crippen LogP contribution < -0.4 is 4.74 Å². The molecule has 6 heteroatoms. The summed E-state index contributed by atoms with van der Waals surface area (Å²) >= 11 is 0. The Balaban J connectivity index is 1.91. The molecule has 0 bridgehead atoms. The SMILES string of the molecule is CCOc1ccc(/C=C2\C(=O)N(C[C@H]3CCCO3)C(C)=C2C(=O)OC)cc1. The number of amides is 1. The van der Waals surface area contributed by atoms with E-state index < -0.39 is 5.97 Å². The van der Waals surface area contributed by atoms with E-state index >= 15 is 0 Å². The normalized spacial score (nSPS) is 21.3. The third kappa shape index (κ3) is 4.06. The highest BCUT2D eigenvalue weighted by molar-refractivity contribution is 6.16. The molecule has 0 spiro atoms. The molecule has 2 aliphatic rings. The Hall–Kier alpha value is -2.60. The largest absolute Gasteiger partial charge is 0.494 e. The van der Waals surface area contributed by atoms with Gasteiger partial charge in [-0.3, -0.25) is 4.79 Å². The van der Waals surface area contributed by atoms with E-state index in [1.165, 1.54) is 7.11 Å². The number of allylic oxidation sites excluding steroid dienone is 1. The van der Waals surface area contributed by atoms with Crippen LogP contribution in [0.3, 0.4) is 0 Å². The molecule has 0 aliphatic carbocycles. The lowest BCUT2D eigenvalue weighted by atomic mass is 10.0. The minimum absolute atomic E-state index is 0.00706. The van der Waals surface area contributed by atoms with Crippen molar-refractivity contribution in [3.63, 3.8) is 0 Å². The number of ether oxygens (including phenoxy) is 3. The maximum atomic E-state index is 13.0. The second-order valence-corrected chi connectivity index (χ2v) is 6.56. The first-order valence-electron chi connectivity index (χ1n) is 9.22. The molecule has 2 heterocycles. The monoisotopic (exact) mass is 371 g/mol. The smallest absolute Gasteiger partial charge is 0.340 e. The number of carbonyl (C=O) groups excluding carboxylic acids is 2. The predicted octanol–water partition coefficient (Wildman–Crippen LogP) is 2.94. The summed E-state index contributed by atoms with van der Waals surface area (Å²) in [6, 6.07) is 7.40. The van der Waals surface area contributed by atoms with Crippen LogP contribution in [0.25, 0.3) is 6.08 Å². The molecule has 1 fully saturated rings. The zero-order chi connectivity index (χ0) is 19.4. The molecule has 0 saturated carbocycles. The summed E-state index contributed by atoms with van der Waals surface area (Å²) in [6.07, 6.45) is 3.65. The van der Waals surface area contributed by atoms with Crippen LogP contribution in [0.1, 0.15) is 32.3 Å². The van der Waals surface area contributed by atoms with Crippen LogP contribution in [0, 0.1) is 0 Å². The quantitative estimate of drug-likeness (QED) is 0.568. The Bertz CT molecular complexity index is 772. The van der Waals surface area contributed by atoms with Gasteiger partial charge in [-0.1, -0.05) is 12.1 Å². The Kier molecular flexibility index (Phi) is 5.96. The third-order valence-electron chi connectivity index (χ3n) is 4.81. The van der Waals surface area contributed by atoms with Gasteiger partial charge in [-0.05, 0) is 50.5 Å². The number of carbonyl (C=O) groups is 2. The van der Waals surface area contributed by atoms with Crippen molar-refractivity contribution >= 4 is 18.0 Å². The van der Waals surface area contributed by atoms with E-state index in [2.05, 4.69) is 0 Å². The van der Waals surface area contributed by atoms with E-state index in [1.54, 1.807) is 17.9 Å². The Morgan fingerprint density at radius 3 is 2.67 bits per heavy atom. The topological polar surface area (TPSA) is 65.1 Å². The van der Waals surface area contributed by atoms with Gasteiger partial charge in [-0.15, -0.1) is 0 Å². The van der Waals surface area contributed by atoms with Crippen LogP contribution in [0.5, 0.6) is 5.75 Å². The summed E-state index contributed by atoms with van der Waals surface area (Å²) in [5.41, 5.74) is 2.09. The number of hydrogen-bond acceptors (Lipinski definition) is 5. The van der Waals surface area contributed by atoms with Gasteiger partial charge in [0.25, 0.3) is 5.91 Å². The molecule has 144 valence electrons. The van der Waals surface area contributed by atoms with E-state index in [1.807, 2.05) is 31.2 Å². The van der Waals surface area contributed by atoms with Crippen molar-refractivity contribution in [3.05, 3.63) is 46.7 Å². The first-order valence-corrected chi connectivity index (χ1v) is 9.22. The maximum Gasteiger partial charge on any atom is 0.340 e. The average Bonchev–Trinajstić information content (AvgIpc) is 3.26. The third-order valence-corrected chi connectivity index (χ3v) is 4.81. The molecular weight excluding hydrogens is 346 g/mol. The Labute approximate surface area is 159 Å². The fourth-order valence-electron chi connectivity index (χ4n) is 3.43. The lowest BCUT2D eigenvalue weighted by Crippen LogP contribution is -2.33. The van der Waals surface area contributed by atoms with Crippen LogP contribution in [0.15, 0.2) is 41.1 Å². The van der Waals surface area contributed by atoms with Crippen molar-refractivity contribution in [1.29, 1.82) is 0 Å². The fourth-order valence-corrected chi connectivity index (χ4v) is 3.43. The molecule has 0 N–H and O–H groups in total. The Morgan fingerprint density at radius 1 is 1.33 bits per heavy atom. The van der Waals surface area contributed by atoms with Crippen LogP contribution in [0.4, 0.5) is 0 Å². The highest BCUT2D eigenvalue weighted by Crippen LogP contribution is 2.33. The number of methoxy groups -OCH3 is 1. The molecule has 1 atom stereocenters. The molecule has 2 aliphatic heterocycles. The molecule has 3 rings (SSSR count). The lowest BCUT2D eigenvalue weighted by Gasteiger charge is -2.21. The van der Waals surface area contributed by atoms with Crippen LogP contribution in [-0.4, -0.2) is 49.7 Å². The van der Waals surface area contributed by atoms with Crippen molar-refractivity contribution in [1.82, 2.24) is 4.90 Å². The number of hydrogen-bond donors (Lipinski definition) is 0. The number of nitrogens with zero attached hydrogens (tertiary/aromatic N) is 1. The van der Waals surface area contributed by atoms with Crippen molar-refractivity contribution in [3.8, 4) is 5.75 Å². The van der Waals surface area contributed by atoms with Gasteiger partial charge in [-0.2, -0.15) is 0 Å². The fraction of sp³-hybridized carbons (Fsp3) is 0.429. The molecule has 1 saturated heterocycles. The summed E-state index contributed by atoms with van der Waals surface area (Å²) in [5.74, 6) is 0.0579. The first-order chi connectivity index (χ1) is 13.0. The van der Waals surface area contributed by atoms with E-state index in [0.29, 0.717) is 36.6 Å². The molecule has 1 aromatic rings. The van der Waals surface area contributed by atoms with E-state index in [-0.39, 0.29) is 12.0 Å². The number of rotatable bonds is 6. The summed E-state index contributed by atoms with van der Waals surface area (Å²) in [6.45, 7) is 5.45. The maximum absolute atomic E-state index is 13.0. The van der Waals surface area contributed by atoms with Crippen LogP contribution in [0.2, 0.25) is 0 Å². The van der Waals surface area contributed by atoms with E-state index in [4.69, 9.17) is 14.2 Å². The van der Waals surface area contributed by atoms with Crippen LogP contribution >= 0.6 is 0 Å². The van der Waals surface area contributed by atoms with E-state index in [9.17, 15) is 9.59 Å². The second kappa shape index (κ2) is 8.39. The highest BCUT2D eigenvalue weighted by Gasteiger charge is 2.38. The summed E-state index contributed by atoms with van der Waals surface area (Å²) in [7, 11) is 1.32. The van der Waals surface area contributed by atoms with Gasteiger partial charge in [0, 0.05) is 12.3 Å². The number of esters is 1. The van der Waals surface area contributed by atoms with Gasteiger partial charge in [0.1, 0.15) is 5.75 Å².